The van der Waals surface area contributed by atoms with Crippen LogP contribution in [0.3, 0.4) is 0 Å². The van der Waals surface area contributed by atoms with E-state index in [0.717, 1.165) is 17.5 Å². The molecule has 1 saturated carbocycles. The van der Waals surface area contributed by atoms with E-state index in [1.807, 2.05) is 0 Å². The molecule has 0 aliphatic heterocycles. The Labute approximate surface area is 134 Å². The van der Waals surface area contributed by atoms with Crippen molar-refractivity contribution in [1.82, 2.24) is 0 Å². The summed E-state index contributed by atoms with van der Waals surface area (Å²) in [6.07, 6.45) is 3.70. The van der Waals surface area contributed by atoms with Crippen molar-refractivity contribution < 1.29 is 10.2 Å². The molecule has 0 aromatic heterocycles. The van der Waals surface area contributed by atoms with E-state index in [-0.39, 0.29) is 22.9 Å². The van der Waals surface area contributed by atoms with Crippen molar-refractivity contribution in [2.45, 2.75) is 77.7 Å². The number of aliphatic hydroxyl groups excluding tert-OH is 1. The van der Waals surface area contributed by atoms with Gasteiger partial charge in [-0.15, -0.1) is 0 Å². The maximum atomic E-state index is 10.9. The molecule has 0 heterocycles. The zero-order chi connectivity index (χ0) is 16.3. The van der Waals surface area contributed by atoms with Gasteiger partial charge in [0.15, 0.2) is 0 Å². The summed E-state index contributed by atoms with van der Waals surface area (Å²) in [7, 11) is 0. The highest BCUT2D eigenvalue weighted by Gasteiger charge is 2.54. The predicted octanol–water partition coefficient (Wildman–Crippen LogP) is 4.52. The van der Waals surface area contributed by atoms with Gasteiger partial charge in [0, 0.05) is 12.0 Å². The van der Waals surface area contributed by atoms with Gasteiger partial charge >= 0.3 is 0 Å². The second-order valence-electron chi connectivity index (χ2n) is 8.69. The summed E-state index contributed by atoms with van der Waals surface area (Å²) in [5.74, 6) is 0.996. The fourth-order valence-electron chi connectivity index (χ4n) is 5.52. The van der Waals surface area contributed by atoms with Gasteiger partial charge in [-0.1, -0.05) is 53.2 Å². The number of rotatable bonds is 1. The molecule has 2 nitrogen and oxygen atoms in total. The van der Waals surface area contributed by atoms with Crippen LogP contribution in [0.2, 0.25) is 0 Å². The average Bonchev–Trinajstić information content (AvgIpc) is 2.38. The second-order valence-corrected chi connectivity index (χ2v) is 8.69. The van der Waals surface area contributed by atoms with Gasteiger partial charge in [-0.2, -0.15) is 0 Å². The van der Waals surface area contributed by atoms with Crippen molar-refractivity contribution in [3.63, 3.8) is 0 Å². The first-order chi connectivity index (χ1) is 10.2. The Balaban J connectivity index is 2.18. The Morgan fingerprint density at radius 1 is 1.14 bits per heavy atom. The smallest absolute Gasteiger partial charge is 0.122 e. The van der Waals surface area contributed by atoms with E-state index < -0.39 is 0 Å². The molecule has 2 N–H and O–H groups in total. The van der Waals surface area contributed by atoms with E-state index in [1.165, 1.54) is 18.4 Å². The Hall–Kier alpha value is -1.02. The molecule has 0 radical (unpaired) electrons. The van der Waals surface area contributed by atoms with Crippen LogP contribution >= 0.6 is 0 Å². The normalized spacial score (nSPS) is 33.4. The molecule has 3 unspecified atom stereocenters. The van der Waals surface area contributed by atoms with E-state index in [1.54, 1.807) is 0 Å². The number of phenols is 1. The summed E-state index contributed by atoms with van der Waals surface area (Å²) >= 11 is 0. The van der Waals surface area contributed by atoms with Crippen molar-refractivity contribution in [1.29, 1.82) is 0 Å². The zero-order valence-corrected chi connectivity index (χ0v) is 14.6. The van der Waals surface area contributed by atoms with Gasteiger partial charge in [-0.3, -0.25) is 0 Å². The van der Waals surface area contributed by atoms with E-state index >= 15 is 0 Å². The number of phenolic OH excluding ortho intramolecular Hbond substituents is 1. The molecule has 1 fully saturated rings. The van der Waals surface area contributed by atoms with E-state index in [0.29, 0.717) is 18.1 Å². The molecule has 2 heteroatoms. The van der Waals surface area contributed by atoms with E-state index in [4.69, 9.17) is 0 Å². The third-order valence-corrected chi connectivity index (χ3v) is 6.39. The molecule has 1 aromatic rings. The van der Waals surface area contributed by atoms with Crippen LogP contribution in [0.15, 0.2) is 12.1 Å². The van der Waals surface area contributed by atoms with Crippen LogP contribution in [-0.4, -0.2) is 16.3 Å². The molecule has 122 valence electrons. The lowest BCUT2D eigenvalue weighted by Crippen LogP contribution is -2.54. The Morgan fingerprint density at radius 3 is 2.45 bits per heavy atom. The van der Waals surface area contributed by atoms with Gasteiger partial charge in [0.1, 0.15) is 5.75 Å². The quantitative estimate of drug-likeness (QED) is 0.801. The monoisotopic (exact) mass is 302 g/mol. The Kier molecular flexibility index (Phi) is 3.60. The summed E-state index contributed by atoms with van der Waals surface area (Å²) in [5, 5.41) is 21.6. The average molecular weight is 302 g/mol. The number of aliphatic hydroxyl groups is 1. The molecule has 3 rings (SSSR count). The number of fused-ring (bicyclic) bond motifs is 3. The molecule has 0 bridgehead atoms. The first kappa shape index (κ1) is 15.9. The third-order valence-electron chi connectivity index (χ3n) is 6.39. The molecule has 2 aliphatic rings. The lowest BCUT2D eigenvalue weighted by atomic mass is 9.49. The van der Waals surface area contributed by atoms with Gasteiger partial charge in [0.05, 0.1) is 6.10 Å². The lowest BCUT2D eigenvalue weighted by Gasteiger charge is -2.56. The van der Waals surface area contributed by atoms with Gasteiger partial charge in [0.2, 0.25) is 0 Å². The van der Waals surface area contributed by atoms with Gasteiger partial charge < -0.3 is 10.2 Å². The molecular formula is C20H30O2. The van der Waals surface area contributed by atoms with Crippen LogP contribution in [0.1, 0.15) is 76.5 Å². The van der Waals surface area contributed by atoms with Gasteiger partial charge in [0.25, 0.3) is 0 Å². The van der Waals surface area contributed by atoms with Crippen LogP contribution in [0.25, 0.3) is 0 Å². The van der Waals surface area contributed by atoms with Crippen LogP contribution < -0.4 is 0 Å². The molecule has 22 heavy (non-hydrogen) atoms. The highest BCUT2D eigenvalue weighted by Crippen LogP contribution is 2.58. The molecule has 3 atom stereocenters. The molecule has 0 saturated heterocycles. The third kappa shape index (κ3) is 2.11. The van der Waals surface area contributed by atoms with E-state index in [2.05, 4.69) is 46.8 Å². The fourth-order valence-corrected chi connectivity index (χ4v) is 5.52. The molecule has 2 aliphatic carbocycles. The number of hydrogen-bond donors (Lipinski definition) is 2. The second kappa shape index (κ2) is 4.99. The fraction of sp³-hybridized carbons (Fsp3) is 0.700. The first-order valence-corrected chi connectivity index (χ1v) is 8.72. The minimum atomic E-state index is -0.360. The molecule has 0 amide bonds. The lowest BCUT2D eigenvalue weighted by molar-refractivity contribution is -0.0538. The summed E-state index contributed by atoms with van der Waals surface area (Å²) in [6.45, 7) is 11.1. The van der Waals surface area contributed by atoms with Crippen molar-refractivity contribution in [3.8, 4) is 5.75 Å². The topological polar surface area (TPSA) is 40.5 Å². The molecule has 0 spiro atoms. The van der Waals surface area contributed by atoms with Crippen molar-refractivity contribution >= 4 is 0 Å². The summed E-state index contributed by atoms with van der Waals surface area (Å²) in [6, 6.07) is 4.32. The van der Waals surface area contributed by atoms with E-state index in [9.17, 15) is 10.2 Å². The standard InChI is InChI=1S/C20H30O2/c1-12(2)13-7-8-15-14(17(13)22)11-16(21)18-19(3,4)9-6-10-20(15,18)5/h7-8,12,16,18,21-22H,6,9-11H2,1-5H3. The number of benzene rings is 1. The first-order valence-electron chi connectivity index (χ1n) is 8.72. The van der Waals surface area contributed by atoms with Crippen LogP contribution in [-0.2, 0) is 11.8 Å². The van der Waals surface area contributed by atoms with Crippen LogP contribution in [0.4, 0.5) is 0 Å². The summed E-state index contributed by atoms with van der Waals surface area (Å²) in [4.78, 5) is 0. The van der Waals surface area contributed by atoms with Crippen LogP contribution in [0, 0.1) is 11.3 Å². The predicted molar refractivity (Wildman–Crippen MR) is 90.4 cm³/mol. The molecule has 1 aromatic carbocycles. The van der Waals surface area contributed by atoms with Gasteiger partial charge in [-0.25, -0.2) is 0 Å². The number of aromatic hydroxyl groups is 1. The summed E-state index contributed by atoms with van der Waals surface area (Å²) < 4.78 is 0. The summed E-state index contributed by atoms with van der Waals surface area (Å²) in [5.41, 5.74) is 3.40. The maximum Gasteiger partial charge on any atom is 0.122 e. The Morgan fingerprint density at radius 2 is 1.82 bits per heavy atom. The zero-order valence-electron chi connectivity index (χ0n) is 14.6. The minimum Gasteiger partial charge on any atom is -0.507 e. The highest BCUT2D eigenvalue weighted by atomic mass is 16.3. The number of hydrogen-bond acceptors (Lipinski definition) is 2. The van der Waals surface area contributed by atoms with Crippen molar-refractivity contribution in [2.24, 2.45) is 11.3 Å². The van der Waals surface area contributed by atoms with Gasteiger partial charge in [-0.05, 0) is 46.6 Å². The highest BCUT2D eigenvalue weighted by molar-refractivity contribution is 5.52. The SMILES string of the molecule is CC(C)c1ccc2c(c1O)CC(O)C1C(C)(C)CCCC21C. The molecular weight excluding hydrogens is 272 g/mol. The van der Waals surface area contributed by atoms with Crippen LogP contribution in [0.5, 0.6) is 5.75 Å². The van der Waals surface area contributed by atoms with Crippen molar-refractivity contribution in [2.75, 3.05) is 0 Å². The minimum absolute atomic E-state index is 0.0261. The largest absolute Gasteiger partial charge is 0.507 e. The van der Waals surface area contributed by atoms with Crippen molar-refractivity contribution in [3.05, 3.63) is 28.8 Å². The maximum absolute atomic E-state index is 10.9. The Bertz CT molecular complexity index is 588.